The number of nitrogens with two attached hydrogens (primary N) is 1. The normalized spacial score (nSPS) is 10.7. The van der Waals surface area contributed by atoms with E-state index in [-0.39, 0.29) is 68.9 Å². The summed E-state index contributed by atoms with van der Waals surface area (Å²) in [4.78, 5) is 85.8. The molecule has 0 aliphatic rings. The van der Waals surface area contributed by atoms with Gasteiger partial charge in [0.05, 0.1) is 0 Å². The van der Waals surface area contributed by atoms with E-state index in [9.17, 15) is 49.3 Å². The Morgan fingerprint density at radius 1 is 0.720 bits per heavy atom. The quantitative estimate of drug-likeness (QED) is 0.0308. The summed E-state index contributed by atoms with van der Waals surface area (Å²) in [7, 11) is 1.42. The van der Waals surface area contributed by atoms with Gasteiger partial charge in [-0.05, 0) is 63.0 Å². The van der Waals surface area contributed by atoms with Crippen molar-refractivity contribution < 1.29 is 39.6 Å². The van der Waals surface area contributed by atoms with Gasteiger partial charge in [-0.1, -0.05) is 0 Å². The van der Waals surface area contributed by atoms with Crippen molar-refractivity contribution in [1.29, 1.82) is 0 Å². The number of carbonyl (C=O) groups excluding carboxylic acids is 5. The number of anilines is 2. The monoisotopic (exact) mass is 712 g/mol. The van der Waals surface area contributed by atoms with Crippen LogP contribution in [0.4, 0.5) is 17.5 Å². The summed E-state index contributed by atoms with van der Waals surface area (Å²) < 4.78 is 1.13. The van der Waals surface area contributed by atoms with Crippen molar-refractivity contribution in [2.24, 2.45) is 12.2 Å². The van der Waals surface area contributed by atoms with Crippen LogP contribution in [0.15, 0.2) is 9.97 Å². The number of amides is 5. The molecule has 1 rings (SSSR count). The van der Waals surface area contributed by atoms with Gasteiger partial charge in [-0.3, -0.25) is 49.0 Å². The molecular formula is C30H52N10O10. The molecule has 0 radical (unpaired) electrons. The second-order valence-corrected chi connectivity index (χ2v) is 11.6. The van der Waals surface area contributed by atoms with Crippen LogP contribution in [0, 0.1) is 4.91 Å². The fraction of sp³-hybridized carbons (Fsp3) is 0.700. The zero-order valence-electron chi connectivity index (χ0n) is 28.9. The minimum absolute atomic E-state index is 0.0652. The Labute approximate surface area is 290 Å². The van der Waals surface area contributed by atoms with Gasteiger partial charge in [0.2, 0.25) is 41.2 Å². The molecule has 0 bridgehead atoms. The first-order valence-electron chi connectivity index (χ1n) is 16.7. The van der Waals surface area contributed by atoms with Gasteiger partial charge < -0.3 is 21.7 Å². The molecule has 0 fully saturated rings. The molecular weight excluding hydrogens is 660 g/mol. The number of nitrogens with one attached hydrogen (secondary N) is 3. The number of unbranched alkanes of at least 4 members (excludes halogenated alkanes) is 6. The third-order valence-corrected chi connectivity index (χ3v) is 7.52. The minimum Gasteiger partial charge on any atom is -0.382 e. The molecule has 8 N–H and O–H groups in total. The van der Waals surface area contributed by atoms with Gasteiger partial charge >= 0.3 is 0 Å². The van der Waals surface area contributed by atoms with Gasteiger partial charge in [0, 0.05) is 78.9 Å². The van der Waals surface area contributed by atoms with E-state index in [1.807, 2.05) is 0 Å². The molecule has 0 saturated heterocycles. The zero-order valence-corrected chi connectivity index (χ0v) is 28.9. The van der Waals surface area contributed by atoms with E-state index in [0.29, 0.717) is 92.6 Å². The molecule has 20 nitrogen and oxygen atoms in total. The predicted molar refractivity (Wildman–Crippen MR) is 180 cm³/mol. The second-order valence-electron chi connectivity index (χ2n) is 11.6. The van der Waals surface area contributed by atoms with E-state index >= 15 is 0 Å². The first-order valence-corrected chi connectivity index (χ1v) is 16.7. The van der Waals surface area contributed by atoms with Crippen LogP contribution in [-0.4, -0.2) is 109 Å². The van der Waals surface area contributed by atoms with E-state index < -0.39 is 29.0 Å². The van der Waals surface area contributed by atoms with Crippen molar-refractivity contribution in [3.63, 3.8) is 0 Å². The topological polar surface area (TPSA) is 282 Å². The van der Waals surface area contributed by atoms with Crippen LogP contribution in [-0.2, 0) is 31.0 Å². The molecule has 0 spiro atoms. The summed E-state index contributed by atoms with van der Waals surface area (Å²) in [6, 6.07) is 0. The van der Waals surface area contributed by atoms with Gasteiger partial charge in [0.1, 0.15) is 0 Å². The third kappa shape index (κ3) is 17.6. The van der Waals surface area contributed by atoms with Gasteiger partial charge in [-0.25, -0.2) is 15.2 Å². The Hall–Kier alpha value is -4.69. The first-order chi connectivity index (χ1) is 23.8. The molecule has 0 unspecified atom stereocenters. The van der Waals surface area contributed by atoms with Crippen molar-refractivity contribution >= 4 is 47.0 Å². The molecule has 1 aromatic heterocycles. The largest absolute Gasteiger partial charge is 0.382 e. The lowest BCUT2D eigenvalue weighted by molar-refractivity contribution is -0.166. The molecule has 282 valence electrons. The zero-order chi connectivity index (χ0) is 37.5. The molecule has 0 saturated carbocycles. The highest BCUT2D eigenvalue weighted by Crippen LogP contribution is 2.15. The van der Waals surface area contributed by atoms with Crippen molar-refractivity contribution in [2.45, 2.75) is 90.4 Å². The number of hydroxylamine groups is 6. The number of nitroso groups, excluding NO2 is 1. The van der Waals surface area contributed by atoms with Crippen LogP contribution < -0.4 is 27.2 Å². The number of nitrogen functional groups attached to an aromatic ring is 1. The summed E-state index contributed by atoms with van der Waals surface area (Å²) in [6.45, 7) is 2.81. The number of rotatable bonds is 26. The van der Waals surface area contributed by atoms with Crippen LogP contribution in [0.25, 0.3) is 0 Å². The fourth-order valence-corrected chi connectivity index (χ4v) is 4.48. The van der Waals surface area contributed by atoms with Gasteiger partial charge in [-0.15, -0.1) is 4.91 Å². The maximum absolute atomic E-state index is 12.1. The molecule has 1 heterocycles. The average Bonchev–Trinajstić information content (AvgIpc) is 3.08. The van der Waals surface area contributed by atoms with Gasteiger partial charge in [-0.2, -0.15) is 4.98 Å². The van der Waals surface area contributed by atoms with Crippen molar-refractivity contribution in [3.8, 4) is 0 Å². The van der Waals surface area contributed by atoms with E-state index in [2.05, 4.69) is 26.1 Å². The maximum Gasteiger partial charge on any atom is 0.286 e. The summed E-state index contributed by atoms with van der Waals surface area (Å²) >= 11 is 0. The highest BCUT2D eigenvalue weighted by atomic mass is 16.5. The van der Waals surface area contributed by atoms with Gasteiger partial charge in [0.15, 0.2) is 5.82 Å². The van der Waals surface area contributed by atoms with Crippen LogP contribution >= 0.6 is 0 Å². The summed E-state index contributed by atoms with van der Waals surface area (Å²) in [6.07, 6.45) is 4.89. The number of aromatic nitrogens is 2. The smallest absolute Gasteiger partial charge is 0.286 e. The molecule has 1 aromatic rings. The van der Waals surface area contributed by atoms with Crippen LogP contribution in [0.2, 0.25) is 0 Å². The van der Waals surface area contributed by atoms with E-state index in [4.69, 9.17) is 5.73 Å². The highest BCUT2D eigenvalue weighted by molar-refractivity contribution is 5.83. The standard InChI is InChI=1S/C30H52N10O10/c1-22(41)38(48)19-9-3-6-16-32-23(42)12-14-25(44)39(49)20-10-4-7-17-33-24(43)13-15-26(45)40(50)21-11-5-8-18-34-30-35-28(31)27(36-47)29(46)37(30)2/h48-50H,3-21,31H2,1-2H3,(H,32,42)(H,33,43)(H,34,35). The molecule has 5 amide bonds. The lowest BCUT2D eigenvalue weighted by Gasteiger charge is -2.15. The summed E-state index contributed by atoms with van der Waals surface area (Å²) in [5.74, 6) is -2.34. The lowest BCUT2D eigenvalue weighted by atomic mass is 10.2. The van der Waals surface area contributed by atoms with Crippen LogP contribution in [0.5, 0.6) is 0 Å². The number of carbonyl (C=O) groups is 5. The highest BCUT2D eigenvalue weighted by Gasteiger charge is 2.15. The Bertz CT molecular complexity index is 1330. The van der Waals surface area contributed by atoms with E-state index in [0.717, 1.165) is 4.57 Å². The van der Waals surface area contributed by atoms with Crippen LogP contribution in [0.1, 0.15) is 90.4 Å². The SMILES string of the molecule is CC(=O)N(O)CCCCCNC(=O)CCC(=O)N(O)CCCCCNC(=O)CCC(=O)N(O)CCCCCNc1nc(N)c(N=O)c(=O)n1C. The van der Waals surface area contributed by atoms with Gasteiger partial charge in [0.25, 0.3) is 5.56 Å². The molecule has 0 aliphatic carbocycles. The summed E-state index contributed by atoms with van der Waals surface area (Å²) in [5.41, 5.74) is 4.45. The Morgan fingerprint density at radius 2 is 1.16 bits per heavy atom. The maximum atomic E-state index is 12.1. The minimum atomic E-state index is -0.666. The molecule has 20 heteroatoms. The molecule has 50 heavy (non-hydrogen) atoms. The predicted octanol–water partition coefficient (Wildman–Crippen LogP) is 1.15. The third-order valence-electron chi connectivity index (χ3n) is 7.52. The number of hydrogen-bond acceptors (Lipinski definition) is 14. The number of hydrogen-bond donors (Lipinski definition) is 7. The van der Waals surface area contributed by atoms with Crippen LogP contribution in [0.3, 0.4) is 0 Å². The van der Waals surface area contributed by atoms with Crippen molar-refractivity contribution in [2.75, 3.05) is 50.3 Å². The van der Waals surface area contributed by atoms with E-state index in [1.54, 1.807) is 0 Å². The summed E-state index contributed by atoms with van der Waals surface area (Å²) in [5, 5.41) is 41.9. The van der Waals surface area contributed by atoms with Crippen molar-refractivity contribution in [1.82, 2.24) is 35.4 Å². The Kier molecular flexibility index (Phi) is 21.2. The molecule has 0 aromatic carbocycles. The van der Waals surface area contributed by atoms with E-state index in [1.165, 1.54) is 14.0 Å². The number of nitrogens with zero attached hydrogens (tertiary/aromatic N) is 6. The second kappa shape index (κ2) is 24.4. The molecule has 0 aliphatic heterocycles. The lowest BCUT2D eigenvalue weighted by Crippen LogP contribution is -2.31. The Morgan fingerprint density at radius 3 is 1.60 bits per heavy atom. The first kappa shape index (κ1) is 43.3. The Balaban J connectivity index is 2.06. The average molecular weight is 713 g/mol. The molecule has 0 atom stereocenters. The van der Waals surface area contributed by atoms with Crippen molar-refractivity contribution in [3.05, 3.63) is 15.3 Å². The fourth-order valence-electron chi connectivity index (χ4n) is 4.48.